The van der Waals surface area contributed by atoms with Crippen LogP contribution in [0.2, 0.25) is 0 Å². The average Bonchev–Trinajstić information content (AvgIpc) is 3.00. The predicted molar refractivity (Wildman–Crippen MR) is 90.1 cm³/mol. The first-order valence-corrected chi connectivity index (χ1v) is 8.43. The SMILES string of the molecule is FCCOc1ccc(N2CCC3(CC2)OCc2ccccc23)cn1. The summed E-state index contributed by atoms with van der Waals surface area (Å²) < 4.78 is 23.5. The molecule has 1 saturated heterocycles. The Bertz CT molecular complexity index is 697. The van der Waals surface area contributed by atoms with E-state index in [2.05, 4.69) is 34.1 Å². The Morgan fingerprint density at radius 3 is 2.75 bits per heavy atom. The first-order chi connectivity index (χ1) is 11.8. The van der Waals surface area contributed by atoms with Crippen molar-refractivity contribution in [1.29, 1.82) is 0 Å². The van der Waals surface area contributed by atoms with Crippen molar-refractivity contribution in [3.63, 3.8) is 0 Å². The maximum atomic E-state index is 12.1. The normalized spacial score (nSPS) is 18.6. The highest BCUT2D eigenvalue weighted by atomic mass is 19.1. The molecule has 0 saturated carbocycles. The molecule has 0 bridgehead atoms. The van der Waals surface area contributed by atoms with Crippen LogP contribution in [0, 0.1) is 0 Å². The molecule has 24 heavy (non-hydrogen) atoms. The van der Waals surface area contributed by atoms with Crippen molar-refractivity contribution in [1.82, 2.24) is 4.98 Å². The number of benzene rings is 1. The van der Waals surface area contributed by atoms with E-state index in [1.165, 1.54) is 11.1 Å². The molecule has 2 aliphatic rings. The van der Waals surface area contributed by atoms with Crippen LogP contribution in [0.4, 0.5) is 10.1 Å². The third-order valence-corrected chi connectivity index (χ3v) is 5.00. The van der Waals surface area contributed by atoms with Crippen LogP contribution in [-0.2, 0) is 16.9 Å². The van der Waals surface area contributed by atoms with E-state index >= 15 is 0 Å². The van der Waals surface area contributed by atoms with E-state index in [4.69, 9.17) is 9.47 Å². The second kappa shape index (κ2) is 6.40. The van der Waals surface area contributed by atoms with Gasteiger partial charge in [0, 0.05) is 19.2 Å². The number of piperidine rings is 1. The van der Waals surface area contributed by atoms with Crippen molar-refractivity contribution in [3.05, 3.63) is 53.7 Å². The number of pyridine rings is 1. The summed E-state index contributed by atoms with van der Waals surface area (Å²) in [4.78, 5) is 6.58. The molecule has 0 N–H and O–H groups in total. The Labute approximate surface area is 141 Å². The lowest BCUT2D eigenvalue weighted by atomic mass is 9.84. The number of hydrogen-bond acceptors (Lipinski definition) is 4. The van der Waals surface area contributed by atoms with Gasteiger partial charge in [-0.3, -0.25) is 0 Å². The average molecular weight is 328 g/mol. The van der Waals surface area contributed by atoms with Gasteiger partial charge in [-0.05, 0) is 30.0 Å². The fourth-order valence-corrected chi connectivity index (χ4v) is 3.71. The van der Waals surface area contributed by atoms with Crippen molar-refractivity contribution in [3.8, 4) is 5.88 Å². The van der Waals surface area contributed by atoms with E-state index in [-0.39, 0.29) is 12.2 Å². The molecule has 2 aliphatic heterocycles. The third-order valence-electron chi connectivity index (χ3n) is 5.00. The molecule has 5 heteroatoms. The molecular weight excluding hydrogens is 307 g/mol. The van der Waals surface area contributed by atoms with Gasteiger partial charge in [-0.25, -0.2) is 9.37 Å². The van der Waals surface area contributed by atoms with E-state index in [1.807, 2.05) is 6.07 Å². The van der Waals surface area contributed by atoms with Crippen molar-refractivity contribution in [2.75, 3.05) is 31.3 Å². The van der Waals surface area contributed by atoms with Gasteiger partial charge >= 0.3 is 0 Å². The zero-order valence-corrected chi connectivity index (χ0v) is 13.6. The van der Waals surface area contributed by atoms with Crippen LogP contribution in [0.25, 0.3) is 0 Å². The van der Waals surface area contributed by atoms with E-state index < -0.39 is 6.67 Å². The lowest BCUT2D eigenvalue weighted by molar-refractivity contribution is -0.0551. The first-order valence-electron chi connectivity index (χ1n) is 8.43. The number of ether oxygens (including phenoxy) is 2. The van der Waals surface area contributed by atoms with E-state index in [1.54, 1.807) is 12.3 Å². The van der Waals surface area contributed by atoms with Gasteiger partial charge in [-0.1, -0.05) is 24.3 Å². The summed E-state index contributed by atoms with van der Waals surface area (Å²) in [5.41, 5.74) is 3.63. The highest BCUT2D eigenvalue weighted by Gasteiger charge is 2.42. The van der Waals surface area contributed by atoms with Crippen LogP contribution in [0.5, 0.6) is 5.88 Å². The van der Waals surface area contributed by atoms with Gasteiger partial charge in [-0.2, -0.15) is 0 Å². The molecular formula is C19H21FN2O2. The second-order valence-electron chi connectivity index (χ2n) is 6.32. The van der Waals surface area contributed by atoms with Crippen LogP contribution in [0.1, 0.15) is 24.0 Å². The monoisotopic (exact) mass is 328 g/mol. The Kier molecular flexibility index (Phi) is 4.10. The minimum Gasteiger partial charge on any atom is -0.475 e. The number of rotatable bonds is 4. The zero-order valence-electron chi connectivity index (χ0n) is 13.6. The molecule has 4 nitrogen and oxygen atoms in total. The van der Waals surface area contributed by atoms with Gasteiger partial charge in [0.15, 0.2) is 0 Å². The molecule has 1 aromatic carbocycles. The number of alkyl halides is 1. The van der Waals surface area contributed by atoms with Crippen molar-refractivity contribution in [2.45, 2.75) is 25.0 Å². The predicted octanol–water partition coefficient (Wildman–Crippen LogP) is 3.46. The van der Waals surface area contributed by atoms with Gasteiger partial charge in [0.2, 0.25) is 5.88 Å². The Morgan fingerprint density at radius 2 is 2.00 bits per heavy atom. The zero-order chi connectivity index (χ0) is 16.4. The Hall–Kier alpha value is -2.14. The first kappa shape index (κ1) is 15.4. The molecule has 1 spiro atoms. The third kappa shape index (κ3) is 2.73. The van der Waals surface area contributed by atoms with Crippen molar-refractivity contribution >= 4 is 5.69 Å². The van der Waals surface area contributed by atoms with Crippen LogP contribution >= 0.6 is 0 Å². The number of aromatic nitrogens is 1. The highest BCUT2D eigenvalue weighted by molar-refractivity contribution is 5.47. The van der Waals surface area contributed by atoms with Gasteiger partial charge in [0.05, 0.1) is 24.1 Å². The standard InChI is InChI=1S/C19H21FN2O2/c20-9-12-23-18-6-5-16(13-21-18)22-10-7-19(8-11-22)17-4-2-1-3-15(17)14-24-19/h1-6,13H,7-12,14H2. The minimum absolute atomic E-state index is 0.0509. The number of fused-ring (bicyclic) bond motifs is 2. The Balaban J connectivity index is 1.43. The summed E-state index contributed by atoms with van der Waals surface area (Å²) >= 11 is 0. The molecule has 1 aromatic heterocycles. The summed E-state index contributed by atoms with van der Waals surface area (Å²) in [7, 11) is 0. The number of halogens is 1. The summed E-state index contributed by atoms with van der Waals surface area (Å²) in [5.74, 6) is 0.470. The summed E-state index contributed by atoms with van der Waals surface area (Å²) in [6.45, 7) is 2.13. The van der Waals surface area contributed by atoms with Crippen LogP contribution in [-0.4, -0.2) is 31.4 Å². The number of hydrogen-bond donors (Lipinski definition) is 0. The fourth-order valence-electron chi connectivity index (χ4n) is 3.71. The molecule has 0 amide bonds. The van der Waals surface area contributed by atoms with E-state index in [9.17, 15) is 4.39 Å². The summed E-state index contributed by atoms with van der Waals surface area (Å²) in [6.07, 6.45) is 3.75. The lowest BCUT2D eigenvalue weighted by Crippen LogP contribution is -2.42. The van der Waals surface area contributed by atoms with Gasteiger partial charge < -0.3 is 14.4 Å². The van der Waals surface area contributed by atoms with E-state index in [0.717, 1.165) is 38.2 Å². The molecule has 0 radical (unpaired) electrons. The maximum Gasteiger partial charge on any atom is 0.213 e. The molecule has 3 heterocycles. The lowest BCUT2D eigenvalue weighted by Gasteiger charge is -2.40. The van der Waals surface area contributed by atoms with Gasteiger partial charge in [0.25, 0.3) is 0 Å². The largest absolute Gasteiger partial charge is 0.475 e. The van der Waals surface area contributed by atoms with Gasteiger partial charge in [0.1, 0.15) is 13.3 Å². The molecule has 2 aromatic rings. The number of anilines is 1. The molecule has 126 valence electrons. The highest BCUT2D eigenvalue weighted by Crippen LogP contribution is 2.44. The molecule has 0 atom stereocenters. The fraction of sp³-hybridized carbons (Fsp3) is 0.421. The van der Waals surface area contributed by atoms with E-state index in [0.29, 0.717) is 5.88 Å². The molecule has 1 fully saturated rings. The molecule has 0 unspecified atom stereocenters. The molecule has 4 rings (SSSR count). The quantitative estimate of drug-likeness (QED) is 0.861. The Morgan fingerprint density at radius 1 is 1.17 bits per heavy atom. The number of nitrogens with zero attached hydrogens (tertiary/aromatic N) is 2. The van der Waals surface area contributed by atoms with Crippen LogP contribution < -0.4 is 9.64 Å². The van der Waals surface area contributed by atoms with Crippen molar-refractivity contribution in [2.24, 2.45) is 0 Å². The van der Waals surface area contributed by atoms with Crippen LogP contribution in [0.3, 0.4) is 0 Å². The summed E-state index contributed by atoms with van der Waals surface area (Å²) in [5, 5.41) is 0. The maximum absolute atomic E-state index is 12.1. The van der Waals surface area contributed by atoms with Gasteiger partial charge in [-0.15, -0.1) is 0 Å². The van der Waals surface area contributed by atoms with Crippen LogP contribution in [0.15, 0.2) is 42.6 Å². The smallest absolute Gasteiger partial charge is 0.213 e. The topological polar surface area (TPSA) is 34.6 Å². The minimum atomic E-state index is -0.501. The molecule has 0 aliphatic carbocycles. The summed E-state index contributed by atoms with van der Waals surface area (Å²) in [6, 6.07) is 12.3. The van der Waals surface area contributed by atoms with Crippen molar-refractivity contribution < 1.29 is 13.9 Å². The second-order valence-corrected chi connectivity index (χ2v) is 6.32.